The number of carbonyl (C=O) groups is 1. The Balaban J connectivity index is 1.82. The van der Waals surface area contributed by atoms with E-state index in [1.807, 2.05) is 26.8 Å². The minimum absolute atomic E-state index is 0.0401. The van der Waals surface area contributed by atoms with E-state index in [2.05, 4.69) is 73.8 Å². The summed E-state index contributed by atoms with van der Waals surface area (Å²) in [6.07, 6.45) is 4.02. The lowest BCUT2D eigenvalue weighted by atomic mass is 10.1. The normalized spacial score (nSPS) is 16.4. The summed E-state index contributed by atoms with van der Waals surface area (Å²) in [6, 6.07) is 20.7. The number of hydrogen-bond acceptors (Lipinski definition) is 4. The molecule has 3 aromatic rings. The highest BCUT2D eigenvalue weighted by atomic mass is 32.2. The maximum Gasteiger partial charge on any atom is 0.271 e. The van der Waals surface area contributed by atoms with Crippen LogP contribution < -0.4 is 4.90 Å². The number of aliphatic imine (C=N–C) groups is 1. The fourth-order valence-electron chi connectivity index (χ4n) is 3.52. The SMILES string of the molecule is CSc1ccc(C=C2SC(=Nc3cc(C)ccc3C)N(c3cc(C)ccc3C)C2=O)cc1. The van der Waals surface area contributed by atoms with E-state index in [4.69, 9.17) is 4.99 Å². The van der Waals surface area contributed by atoms with Crippen LogP contribution in [-0.4, -0.2) is 17.3 Å². The Morgan fingerprint density at radius 2 is 1.53 bits per heavy atom. The lowest BCUT2D eigenvalue weighted by Gasteiger charge is -2.19. The Morgan fingerprint density at radius 3 is 2.22 bits per heavy atom. The van der Waals surface area contributed by atoms with Gasteiger partial charge in [-0.05, 0) is 104 Å². The van der Waals surface area contributed by atoms with Gasteiger partial charge in [0.05, 0.1) is 16.3 Å². The van der Waals surface area contributed by atoms with Crippen molar-refractivity contribution >= 4 is 52.0 Å². The van der Waals surface area contributed by atoms with Crippen molar-refractivity contribution in [1.29, 1.82) is 0 Å². The molecule has 4 rings (SSSR count). The monoisotopic (exact) mass is 458 g/mol. The zero-order valence-corrected chi connectivity index (χ0v) is 20.6. The third kappa shape index (κ3) is 4.69. The molecule has 1 amide bonds. The van der Waals surface area contributed by atoms with Crippen LogP contribution in [0.4, 0.5) is 11.4 Å². The van der Waals surface area contributed by atoms with E-state index >= 15 is 0 Å². The number of amidine groups is 1. The molecule has 1 aliphatic heterocycles. The van der Waals surface area contributed by atoms with E-state index in [9.17, 15) is 4.79 Å². The molecule has 1 fully saturated rings. The highest BCUT2D eigenvalue weighted by Gasteiger charge is 2.35. The Labute approximate surface area is 198 Å². The molecule has 0 aliphatic carbocycles. The van der Waals surface area contributed by atoms with Gasteiger partial charge in [-0.2, -0.15) is 0 Å². The number of carbonyl (C=O) groups excluding carboxylic acids is 1. The number of aryl methyl sites for hydroxylation is 4. The van der Waals surface area contributed by atoms with E-state index in [1.54, 1.807) is 16.7 Å². The summed E-state index contributed by atoms with van der Waals surface area (Å²) in [7, 11) is 0. The number of amides is 1. The fraction of sp³-hybridized carbons (Fsp3) is 0.185. The van der Waals surface area contributed by atoms with E-state index in [1.165, 1.54) is 16.7 Å². The maximum absolute atomic E-state index is 13.6. The third-order valence-corrected chi connectivity index (χ3v) is 7.12. The van der Waals surface area contributed by atoms with Crippen molar-refractivity contribution in [1.82, 2.24) is 0 Å². The van der Waals surface area contributed by atoms with Crippen molar-refractivity contribution in [3.63, 3.8) is 0 Å². The standard InChI is InChI=1S/C27H26N2OS2/c1-17-6-8-19(3)23(14-17)28-27-29(24-15-18(2)7-9-20(24)4)26(30)25(32-27)16-21-10-12-22(31-5)13-11-21/h6-16H,1-5H3. The van der Waals surface area contributed by atoms with Crippen LogP contribution in [0.15, 0.2) is 75.5 Å². The molecule has 3 nitrogen and oxygen atoms in total. The summed E-state index contributed by atoms with van der Waals surface area (Å²) in [5.74, 6) is -0.0401. The van der Waals surface area contributed by atoms with Crippen LogP contribution in [0, 0.1) is 27.7 Å². The van der Waals surface area contributed by atoms with Gasteiger partial charge in [-0.1, -0.05) is 36.4 Å². The number of benzene rings is 3. The number of hydrogen-bond donors (Lipinski definition) is 0. The minimum Gasteiger partial charge on any atom is -0.268 e. The summed E-state index contributed by atoms with van der Waals surface area (Å²) < 4.78 is 0. The molecule has 0 radical (unpaired) electrons. The average Bonchev–Trinajstić information content (AvgIpc) is 3.07. The molecule has 0 atom stereocenters. The first-order valence-corrected chi connectivity index (χ1v) is 12.5. The molecule has 0 unspecified atom stereocenters. The van der Waals surface area contributed by atoms with Gasteiger partial charge >= 0.3 is 0 Å². The third-order valence-electron chi connectivity index (χ3n) is 5.41. The van der Waals surface area contributed by atoms with Gasteiger partial charge in [0.15, 0.2) is 5.17 Å². The largest absolute Gasteiger partial charge is 0.271 e. The lowest BCUT2D eigenvalue weighted by molar-refractivity contribution is -0.113. The van der Waals surface area contributed by atoms with Crippen molar-refractivity contribution in [2.24, 2.45) is 4.99 Å². The number of thioether (sulfide) groups is 2. The van der Waals surface area contributed by atoms with Crippen LogP contribution in [-0.2, 0) is 4.79 Å². The Bertz CT molecular complexity index is 1240. The van der Waals surface area contributed by atoms with Gasteiger partial charge in [0.1, 0.15) is 0 Å². The Morgan fingerprint density at radius 1 is 0.875 bits per heavy atom. The molecule has 0 bridgehead atoms. The van der Waals surface area contributed by atoms with Gasteiger partial charge in [-0.25, -0.2) is 4.99 Å². The Hall–Kier alpha value is -2.76. The Kier molecular flexibility index (Phi) is 6.58. The van der Waals surface area contributed by atoms with Crippen LogP contribution in [0.3, 0.4) is 0 Å². The molecule has 0 aromatic heterocycles. The van der Waals surface area contributed by atoms with Gasteiger partial charge in [0.2, 0.25) is 0 Å². The van der Waals surface area contributed by atoms with E-state index in [0.717, 1.165) is 39.2 Å². The second kappa shape index (κ2) is 9.39. The second-order valence-corrected chi connectivity index (χ2v) is 9.89. The van der Waals surface area contributed by atoms with Crippen molar-refractivity contribution < 1.29 is 4.79 Å². The molecular weight excluding hydrogens is 432 g/mol. The molecule has 1 heterocycles. The summed E-state index contributed by atoms with van der Waals surface area (Å²) >= 11 is 3.14. The molecular formula is C27H26N2OS2. The topological polar surface area (TPSA) is 32.7 Å². The second-order valence-electron chi connectivity index (χ2n) is 8.00. The van der Waals surface area contributed by atoms with E-state index < -0.39 is 0 Å². The molecule has 3 aromatic carbocycles. The number of rotatable bonds is 4. The van der Waals surface area contributed by atoms with Crippen LogP contribution >= 0.6 is 23.5 Å². The fourth-order valence-corrected chi connectivity index (χ4v) is 4.91. The number of nitrogens with zero attached hydrogens (tertiary/aromatic N) is 2. The minimum atomic E-state index is -0.0401. The summed E-state index contributed by atoms with van der Waals surface area (Å²) in [4.78, 5) is 22.2. The highest BCUT2D eigenvalue weighted by Crippen LogP contribution is 2.39. The van der Waals surface area contributed by atoms with Gasteiger partial charge < -0.3 is 0 Å². The molecule has 0 saturated carbocycles. The first kappa shape index (κ1) is 22.4. The van der Waals surface area contributed by atoms with E-state index in [-0.39, 0.29) is 5.91 Å². The molecule has 0 spiro atoms. The summed E-state index contributed by atoms with van der Waals surface area (Å²) in [5.41, 5.74) is 7.17. The smallest absolute Gasteiger partial charge is 0.268 e. The molecule has 0 N–H and O–H groups in total. The van der Waals surface area contributed by atoms with Crippen LogP contribution in [0.2, 0.25) is 0 Å². The summed E-state index contributed by atoms with van der Waals surface area (Å²) in [5, 5.41) is 0.685. The van der Waals surface area contributed by atoms with Crippen molar-refractivity contribution in [2.75, 3.05) is 11.2 Å². The predicted molar refractivity (Wildman–Crippen MR) is 140 cm³/mol. The highest BCUT2D eigenvalue weighted by molar-refractivity contribution is 8.19. The zero-order valence-electron chi connectivity index (χ0n) is 19.0. The van der Waals surface area contributed by atoms with Gasteiger partial charge in [-0.15, -0.1) is 11.8 Å². The molecule has 1 saturated heterocycles. The van der Waals surface area contributed by atoms with Gasteiger partial charge in [0.25, 0.3) is 5.91 Å². The number of anilines is 1. The molecule has 5 heteroatoms. The van der Waals surface area contributed by atoms with Crippen LogP contribution in [0.1, 0.15) is 27.8 Å². The van der Waals surface area contributed by atoms with Gasteiger partial charge in [0, 0.05) is 4.90 Å². The first-order chi connectivity index (χ1) is 15.4. The average molecular weight is 459 g/mol. The first-order valence-electron chi connectivity index (χ1n) is 10.5. The zero-order chi connectivity index (χ0) is 22.8. The summed E-state index contributed by atoms with van der Waals surface area (Å²) in [6.45, 7) is 8.18. The maximum atomic E-state index is 13.6. The van der Waals surface area contributed by atoms with Crippen molar-refractivity contribution in [2.45, 2.75) is 32.6 Å². The molecule has 1 aliphatic rings. The van der Waals surface area contributed by atoms with Crippen molar-refractivity contribution in [3.05, 3.63) is 93.4 Å². The predicted octanol–water partition coefficient (Wildman–Crippen LogP) is 7.45. The van der Waals surface area contributed by atoms with E-state index in [0.29, 0.717) is 10.1 Å². The molecule has 32 heavy (non-hydrogen) atoms. The van der Waals surface area contributed by atoms with Crippen LogP contribution in [0.5, 0.6) is 0 Å². The molecule has 162 valence electrons. The quantitative estimate of drug-likeness (QED) is 0.301. The van der Waals surface area contributed by atoms with Crippen LogP contribution in [0.25, 0.3) is 6.08 Å². The lowest BCUT2D eigenvalue weighted by Crippen LogP contribution is -2.29. The van der Waals surface area contributed by atoms with Crippen molar-refractivity contribution in [3.8, 4) is 0 Å². The van der Waals surface area contributed by atoms with Gasteiger partial charge in [-0.3, -0.25) is 9.69 Å².